The average Bonchev–Trinajstić information content (AvgIpc) is 3.23. The average molecular weight is 272 g/mol. The lowest BCUT2D eigenvalue weighted by Gasteiger charge is -2.06. The highest BCUT2D eigenvalue weighted by Crippen LogP contribution is 2.33. The van der Waals surface area contributed by atoms with E-state index in [0.29, 0.717) is 18.0 Å². The molecule has 0 aliphatic heterocycles. The van der Waals surface area contributed by atoms with Gasteiger partial charge in [0.15, 0.2) is 0 Å². The molecule has 20 heavy (non-hydrogen) atoms. The number of carbonyl (C=O) groups is 2. The topological polar surface area (TPSA) is 71.2 Å². The van der Waals surface area contributed by atoms with E-state index in [1.165, 1.54) is 0 Å². The molecule has 1 heterocycles. The van der Waals surface area contributed by atoms with E-state index in [2.05, 4.69) is 10.3 Å². The zero-order chi connectivity index (χ0) is 14.1. The van der Waals surface area contributed by atoms with E-state index in [0.717, 1.165) is 23.7 Å². The molecule has 0 radical (unpaired) electrons. The zero-order valence-corrected chi connectivity index (χ0v) is 11.2. The van der Waals surface area contributed by atoms with Gasteiger partial charge in [0.25, 0.3) is 0 Å². The molecule has 1 aromatic carbocycles. The van der Waals surface area contributed by atoms with Crippen molar-refractivity contribution in [2.24, 2.45) is 5.92 Å². The SMILES string of the molecule is CCOC(=O)c1[nH]c2ccccc2c1NC(=O)C1CC1. The number of amides is 1. The van der Waals surface area contributed by atoms with Crippen LogP contribution < -0.4 is 5.32 Å². The summed E-state index contributed by atoms with van der Waals surface area (Å²) < 4.78 is 5.03. The van der Waals surface area contributed by atoms with Crippen LogP contribution in [-0.2, 0) is 9.53 Å². The van der Waals surface area contributed by atoms with Crippen molar-refractivity contribution < 1.29 is 14.3 Å². The number of hydrogen-bond donors (Lipinski definition) is 2. The first-order valence-corrected chi connectivity index (χ1v) is 6.79. The maximum absolute atomic E-state index is 12.0. The second-order valence-corrected chi connectivity index (χ2v) is 4.90. The lowest BCUT2D eigenvalue weighted by Crippen LogP contribution is -2.16. The Morgan fingerprint density at radius 3 is 2.80 bits per heavy atom. The summed E-state index contributed by atoms with van der Waals surface area (Å²) in [5.41, 5.74) is 1.64. The van der Waals surface area contributed by atoms with Crippen LogP contribution in [0.3, 0.4) is 0 Å². The minimum absolute atomic E-state index is 0.0275. The molecule has 1 amide bonds. The molecule has 104 valence electrons. The molecule has 2 aromatic rings. The van der Waals surface area contributed by atoms with Crippen molar-refractivity contribution in [3.8, 4) is 0 Å². The van der Waals surface area contributed by atoms with E-state index in [9.17, 15) is 9.59 Å². The Balaban J connectivity index is 2.02. The highest BCUT2D eigenvalue weighted by atomic mass is 16.5. The Kier molecular flexibility index (Phi) is 3.18. The molecule has 0 bridgehead atoms. The van der Waals surface area contributed by atoms with Gasteiger partial charge in [-0.05, 0) is 25.8 Å². The van der Waals surface area contributed by atoms with Crippen molar-refractivity contribution in [1.82, 2.24) is 4.98 Å². The molecule has 5 nitrogen and oxygen atoms in total. The van der Waals surface area contributed by atoms with Gasteiger partial charge in [0.1, 0.15) is 5.69 Å². The van der Waals surface area contributed by atoms with Crippen molar-refractivity contribution >= 4 is 28.5 Å². The van der Waals surface area contributed by atoms with E-state index in [1.54, 1.807) is 6.92 Å². The van der Waals surface area contributed by atoms with E-state index in [1.807, 2.05) is 24.3 Å². The molecule has 0 spiro atoms. The second-order valence-electron chi connectivity index (χ2n) is 4.90. The summed E-state index contributed by atoms with van der Waals surface area (Å²) in [6.07, 6.45) is 1.84. The first-order chi connectivity index (χ1) is 9.70. The van der Waals surface area contributed by atoms with Crippen LogP contribution in [0.5, 0.6) is 0 Å². The van der Waals surface area contributed by atoms with Crippen LogP contribution in [0.2, 0.25) is 0 Å². The van der Waals surface area contributed by atoms with Crippen LogP contribution in [-0.4, -0.2) is 23.5 Å². The van der Waals surface area contributed by atoms with Crippen LogP contribution in [0.1, 0.15) is 30.3 Å². The third-order valence-electron chi connectivity index (χ3n) is 3.38. The fourth-order valence-electron chi connectivity index (χ4n) is 2.20. The number of fused-ring (bicyclic) bond motifs is 1. The maximum atomic E-state index is 12.0. The zero-order valence-electron chi connectivity index (χ0n) is 11.2. The number of aromatic amines is 1. The molecule has 1 saturated carbocycles. The molecule has 1 aromatic heterocycles. The number of hydrogen-bond acceptors (Lipinski definition) is 3. The minimum atomic E-state index is -0.449. The molecule has 0 saturated heterocycles. The minimum Gasteiger partial charge on any atom is -0.461 e. The van der Waals surface area contributed by atoms with Crippen LogP contribution in [0.15, 0.2) is 24.3 Å². The van der Waals surface area contributed by atoms with Gasteiger partial charge >= 0.3 is 5.97 Å². The summed E-state index contributed by atoms with van der Waals surface area (Å²) >= 11 is 0. The number of carbonyl (C=O) groups excluding carboxylic acids is 2. The van der Waals surface area contributed by atoms with E-state index in [4.69, 9.17) is 4.74 Å². The van der Waals surface area contributed by atoms with Crippen molar-refractivity contribution in [1.29, 1.82) is 0 Å². The van der Waals surface area contributed by atoms with Gasteiger partial charge < -0.3 is 15.0 Å². The lowest BCUT2D eigenvalue weighted by atomic mass is 10.2. The van der Waals surface area contributed by atoms with Gasteiger partial charge in [0, 0.05) is 16.8 Å². The summed E-state index contributed by atoms with van der Waals surface area (Å²) in [5, 5.41) is 3.69. The van der Waals surface area contributed by atoms with Gasteiger partial charge in [-0.2, -0.15) is 0 Å². The van der Waals surface area contributed by atoms with Gasteiger partial charge in [0.05, 0.1) is 12.3 Å². The van der Waals surface area contributed by atoms with Gasteiger partial charge in [-0.25, -0.2) is 4.79 Å². The highest BCUT2D eigenvalue weighted by Gasteiger charge is 2.31. The van der Waals surface area contributed by atoms with Crippen molar-refractivity contribution in [3.63, 3.8) is 0 Å². The maximum Gasteiger partial charge on any atom is 0.356 e. The summed E-state index contributed by atoms with van der Waals surface area (Å²) in [6, 6.07) is 7.49. The van der Waals surface area contributed by atoms with Gasteiger partial charge in [-0.1, -0.05) is 18.2 Å². The second kappa shape index (κ2) is 5.00. The van der Waals surface area contributed by atoms with E-state index in [-0.39, 0.29) is 11.8 Å². The molecule has 3 rings (SSSR count). The monoisotopic (exact) mass is 272 g/mol. The number of para-hydroxylation sites is 1. The molecule has 2 N–H and O–H groups in total. The fourth-order valence-corrected chi connectivity index (χ4v) is 2.20. The summed E-state index contributed by atoms with van der Waals surface area (Å²) in [5.74, 6) is -0.395. The predicted molar refractivity (Wildman–Crippen MR) is 75.6 cm³/mol. The van der Waals surface area contributed by atoms with Crippen LogP contribution in [0.4, 0.5) is 5.69 Å². The fraction of sp³-hybridized carbons (Fsp3) is 0.333. The first kappa shape index (κ1) is 12.7. The van der Waals surface area contributed by atoms with E-state index < -0.39 is 5.97 Å². The third-order valence-corrected chi connectivity index (χ3v) is 3.38. The van der Waals surface area contributed by atoms with Crippen molar-refractivity contribution in [2.45, 2.75) is 19.8 Å². The number of benzene rings is 1. The third kappa shape index (κ3) is 2.27. The molecular weight excluding hydrogens is 256 g/mol. The number of H-pyrrole nitrogens is 1. The van der Waals surface area contributed by atoms with Crippen molar-refractivity contribution in [3.05, 3.63) is 30.0 Å². The summed E-state index contributed by atoms with van der Waals surface area (Å²) in [7, 11) is 0. The van der Waals surface area contributed by atoms with Crippen molar-refractivity contribution in [2.75, 3.05) is 11.9 Å². The number of rotatable bonds is 4. The standard InChI is InChI=1S/C15H16N2O3/c1-2-20-15(19)13-12(17-14(18)9-7-8-9)10-5-3-4-6-11(10)16-13/h3-6,9,16H,2,7-8H2,1H3,(H,17,18). The van der Waals surface area contributed by atoms with Gasteiger partial charge in [0.2, 0.25) is 5.91 Å². The largest absolute Gasteiger partial charge is 0.461 e. The number of ether oxygens (including phenoxy) is 1. The molecule has 0 atom stereocenters. The normalized spacial score (nSPS) is 14.2. The van der Waals surface area contributed by atoms with Gasteiger partial charge in [-0.3, -0.25) is 4.79 Å². The molecule has 5 heteroatoms. The smallest absolute Gasteiger partial charge is 0.356 e. The Morgan fingerprint density at radius 1 is 1.35 bits per heavy atom. The first-order valence-electron chi connectivity index (χ1n) is 6.79. The quantitative estimate of drug-likeness (QED) is 0.841. The summed E-state index contributed by atoms with van der Waals surface area (Å²) in [6.45, 7) is 2.05. The highest BCUT2D eigenvalue weighted by molar-refractivity contribution is 6.11. The van der Waals surface area contributed by atoms with E-state index >= 15 is 0 Å². The Bertz CT molecular complexity index is 671. The molecule has 1 aliphatic rings. The molecule has 1 aliphatic carbocycles. The predicted octanol–water partition coefficient (Wildman–Crippen LogP) is 2.69. The molecule has 1 fully saturated rings. The van der Waals surface area contributed by atoms with Crippen LogP contribution in [0.25, 0.3) is 10.9 Å². The number of esters is 1. The lowest BCUT2D eigenvalue weighted by molar-refractivity contribution is -0.117. The Hall–Kier alpha value is -2.30. The van der Waals surface area contributed by atoms with Gasteiger partial charge in [-0.15, -0.1) is 0 Å². The number of anilines is 1. The molecular formula is C15H16N2O3. The molecule has 0 unspecified atom stereocenters. The summed E-state index contributed by atoms with van der Waals surface area (Å²) in [4.78, 5) is 27.0. The van der Waals surface area contributed by atoms with Crippen LogP contribution >= 0.6 is 0 Å². The Labute approximate surface area is 116 Å². The number of aromatic nitrogens is 1. The number of nitrogens with one attached hydrogen (secondary N) is 2. The Morgan fingerprint density at radius 2 is 2.10 bits per heavy atom. The van der Waals surface area contributed by atoms with Crippen LogP contribution in [0, 0.1) is 5.92 Å².